The molecule has 0 spiro atoms. The molecule has 2 heterocycles. The Kier molecular flexibility index (Phi) is 6.75. The van der Waals surface area contributed by atoms with E-state index in [9.17, 15) is 0 Å². The molecule has 0 aliphatic carbocycles. The maximum atomic E-state index is 5.88. The Labute approximate surface area is 194 Å². The van der Waals surface area contributed by atoms with Crippen LogP contribution in [0.4, 0.5) is 5.95 Å². The Morgan fingerprint density at radius 1 is 0.879 bits per heavy atom. The fraction of sp³-hybridized carbons (Fsp3) is 0.259. The molecule has 6 nitrogen and oxygen atoms in total. The van der Waals surface area contributed by atoms with E-state index in [0.29, 0.717) is 6.61 Å². The van der Waals surface area contributed by atoms with E-state index in [1.807, 2.05) is 60.8 Å². The van der Waals surface area contributed by atoms with Gasteiger partial charge < -0.3 is 14.0 Å². The minimum Gasteiger partial charge on any atom is -0.489 e. The molecule has 0 bridgehead atoms. The van der Waals surface area contributed by atoms with Crippen molar-refractivity contribution in [3.63, 3.8) is 0 Å². The Bertz CT molecular complexity index is 1200. The fourth-order valence-electron chi connectivity index (χ4n) is 3.97. The lowest BCUT2D eigenvalue weighted by molar-refractivity contribution is 0.0366. The Hall–Kier alpha value is -3.48. The van der Waals surface area contributed by atoms with Gasteiger partial charge in [0, 0.05) is 32.4 Å². The molecular weight excluding hydrogens is 412 g/mol. The van der Waals surface area contributed by atoms with E-state index in [1.165, 1.54) is 0 Å². The normalized spacial score (nSPS) is 14.8. The molecule has 1 saturated heterocycles. The molecule has 0 atom stereocenters. The van der Waals surface area contributed by atoms with Gasteiger partial charge in [-0.2, -0.15) is 0 Å². The fourth-order valence-corrected chi connectivity index (χ4v) is 3.97. The van der Waals surface area contributed by atoms with Gasteiger partial charge in [-0.3, -0.25) is 4.90 Å². The smallest absolute Gasteiger partial charge is 0.230 e. The lowest BCUT2D eigenvalue weighted by atomic mass is 10.2. The van der Waals surface area contributed by atoms with Gasteiger partial charge in [-0.05, 0) is 47.5 Å². The van der Waals surface area contributed by atoms with Crippen LogP contribution in [0.3, 0.4) is 0 Å². The second-order valence-electron chi connectivity index (χ2n) is 8.11. The summed E-state index contributed by atoms with van der Waals surface area (Å²) in [4.78, 5) is 11.9. The molecule has 0 saturated carbocycles. The van der Waals surface area contributed by atoms with Crippen molar-refractivity contribution in [1.82, 2.24) is 14.5 Å². The van der Waals surface area contributed by atoms with Gasteiger partial charge in [-0.25, -0.2) is 9.98 Å². The van der Waals surface area contributed by atoms with E-state index in [-0.39, 0.29) is 0 Å². The predicted octanol–water partition coefficient (Wildman–Crippen LogP) is 4.70. The summed E-state index contributed by atoms with van der Waals surface area (Å²) in [5.74, 6) is 1.57. The molecule has 1 aliphatic rings. The van der Waals surface area contributed by atoms with E-state index in [0.717, 1.165) is 73.3 Å². The SMILES string of the molecule is C(=N\c1nc2ccccc2n1CCN1CCOCC1)/c1ccc(OCc2ccccc2)cc1. The molecular formula is C27H28N4O2. The highest BCUT2D eigenvalue weighted by molar-refractivity contribution is 5.83. The molecule has 33 heavy (non-hydrogen) atoms. The van der Waals surface area contributed by atoms with Gasteiger partial charge in [0.05, 0.1) is 24.2 Å². The summed E-state index contributed by atoms with van der Waals surface area (Å²) in [6.45, 7) is 5.93. The summed E-state index contributed by atoms with van der Waals surface area (Å²) in [5, 5.41) is 0. The molecule has 6 heteroatoms. The minimum absolute atomic E-state index is 0.557. The summed E-state index contributed by atoms with van der Waals surface area (Å²) in [6, 6.07) is 26.4. The zero-order chi connectivity index (χ0) is 22.3. The number of ether oxygens (including phenoxy) is 2. The average Bonchev–Trinajstić information content (AvgIpc) is 3.24. The highest BCUT2D eigenvalue weighted by Gasteiger charge is 2.13. The summed E-state index contributed by atoms with van der Waals surface area (Å²) in [6.07, 6.45) is 1.87. The molecule has 3 aromatic carbocycles. The van der Waals surface area contributed by atoms with Crippen molar-refractivity contribution in [2.24, 2.45) is 4.99 Å². The molecule has 168 valence electrons. The topological polar surface area (TPSA) is 51.9 Å². The van der Waals surface area contributed by atoms with Crippen molar-refractivity contribution in [3.8, 4) is 5.75 Å². The van der Waals surface area contributed by atoms with Crippen LogP contribution in [0.5, 0.6) is 5.75 Å². The van der Waals surface area contributed by atoms with Crippen molar-refractivity contribution >= 4 is 23.2 Å². The zero-order valence-electron chi connectivity index (χ0n) is 18.6. The number of benzene rings is 3. The van der Waals surface area contributed by atoms with Gasteiger partial charge in [0.15, 0.2) is 0 Å². The Morgan fingerprint density at radius 2 is 1.64 bits per heavy atom. The number of rotatable bonds is 8. The Morgan fingerprint density at radius 3 is 2.45 bits per heavy atom. The van der Waals surface area contributed by atoms with Gasteiger partial charge in [0.1, 0.15) is 12.4 Å². The van der Waals surface area contributed by atoms with Crippen molar-refractivity contribution in [3.05, 3.63) is 90.0 Å². The first-order chi connectivity index (χ1) is 16.3. The van der Waals surface area contributed by atoms with Crippen LogP contribution in [0, 0.1) is 0 Å². The third-order valence-corrected chi connectivity index (χ3v) is 5.84. The molecule has 1 aromatic heterocycles. The number of hydrogen-bond donors (Lipinski definition) is 0. The summed E-state index contributed by atoms with van der Waals surface area (Å²) >= 11 is 0. The van der Waals surface area contributed by atoms with E-state index in [1.54, 1.807) is 0 Å². The first kappa shape index (κ1) is 21.4. The standard InChI is InChI=1S/C27H28N4O2/c1-2-6-23(7-3-1)21-33-24-12-10-22(11-13-24)20-28-27-29-25-8-4-5-9-26(25)31(27)15-14-30-16-18-32-19-17-30/h1-13,20H,14-19,21H2/b28-20+. The van der Waals surface area contributed by atoms with Crippen LogP contribution < -0.4 is 4.74 Å². The van der Waals surface area contributed by atoms with Crippen molar-refractivity contribution in [2.75, 3.05) is 32.8 Å². The zero-order valence-corrected chi connectivity index (χ0v) is 18.6. The lowest BCUT2D eigenvalue weighted by Crippen LogP contribution is -2.38. The second kappa shape index (κ2) is 10.4. The van der Waals surface area contributed by atoms with Crippen molar-refractivity contribution < 1.29 is 9.47 Å². The van der Waals surface area contributed by atoms with E-state index < -0.39 is 0 Å². The van der Waals surface area contributed by atoms with E-state index in [4.69, 9.17) is 19.5 Å². The number of morpholine rings is 1. The van der Waals surface area contributed by atoms with E-state index >= 15 is 0 Å². The molecule has 1 fully saturated rings. The maximum absolute atomic E-state index is 5.88. The van der Waals surface area contributed by atoms with E-state index in [2.05, 4.69) is 33.7 Å². The van der Waals surface area contributed by atoms with Gasteiger partial charge in [-0.15, -0.1) is 0 Å². The minimum atomic E-state index is 0.557. The highest BCUT2D eigenvalue weighted by atomic mass is 16.5. The largest absolute Gasteiger partial charge is 0.489 e. The van der Waals surface area contributed by atoms with Crippen molar-refractivity contribution in [1.29, 1.82) is 0 Å². The summed E-state index contributed by atoms with van der Waals surface area (Å²) in [5.41, 5.74) is 4.24. The molecule has 0 N–H and O–H groups in total. The molecule has 0 amide bonds. The first-order valence-corrected chi connectivity index (χ1v) is 11.4. The molecule has 0 unspecified atom stereocenters. The first-order valence-electron chi connectivity index (χ1n) is 11.4. The number of aliphatic imine (C=N–C) groups is 1. The number of imidazole rings is 1. The van der Waals surface area contributed by atoms with Crippen LogP contribution in [-0.2, 0) is 17.9 Å². The number of fused-ring (bicyclic) bond motifs is 1. The average molecular weight is 441 g/mol. The molecule has 1 aliphatic heterocycles. The molecule has 4 aromatic rings. The monoisotopic (exact) mass is 440 g/mol. The van der Waals surface area contributed by atoms with Crippen LogP contribution in [0.2, 0.25) is 0 Å². The molecule has 5 rings (SSSR count). The number of nitrogens with zero attached hydrogens (tertiary/aromatic N) is 4. The summed E-state index contributed by atoms with van der Waals surface area (Å²) < 4.78 is 13.6. The van der Waals surface area contributed by atoms with Crippen LogP contribution in [0.15, 0.2) is 83.9 Å². The maximum Gasteiger partial charge on any atom is 0.230 e. The van der Waals surface area contributed by atoms with Crippen LogP contribution >= 0.6 is 0 Å². The number of hydrogen-bond acceptors (Lipinski definition) is 5. The third kappa shape index (κ3) is 5.48. The molecule has 0 radical (unpaired) electrons. The Balaban J connectivity index is 1.28. The van der Waals surface area contributed by atoms with Gasteiger partial charge in [0.25, 0.3) is 0 Å². The second-order valence-corrected chi connectivity index (χ2v) is 8.11. The van der Waals surface area contributed by atoms with Gasteiger partial charge in [-0.1, -0.05) is 42.5 Å². The predicted molar refractivity (Wildman–Crippen MR) is 131 cm³/mol. The van der Waals surface area contributed by atoms with Crippen LogP contribution in [0.1, 0.15) is 11.1 Å². The number of aromatic nitrogens is 2. The van der Waals surface area contributed by atoms with Crippen molar-refractivity contribution in [2.45, 2.75) is 13.2 Å². The van der Waals surface area contributed by atoms with Gasteiger partial charge >= 0.3 is 0 Å². The van der Waals surface area contributed by atoms with Gasteiger partial charge in [0.2, 0.25) is 5.95 Å². The quantitative estimate of drug-likeness (QED) is 0.373. The van der Waals surface area contributed by atoms with Crippen LogP contribution in [-0.4, -0.2) is 53.5 Å². The number of para-hydroxylation sites is 2. The highest BCUT2D eigenvalue weighted by Crippen LogP contribution is 2.22. The van der Waals surface area contributed by atoms with Crippen LogP contribution in [0.25, 0.3) is 11.0 Å². The summed E-state index contributed by atoms with van der Waals surface area (Å²) in [7, 11) is 0. The third-order valence-electron chi connectivity index (χ3n) is 5.84. The lowest BCUT2D eigenvalue weighted by Gasteiger charge is -2.26.